The molecule has 0 saturated heterocycles. The second-order valence-electron chi connectivity index (χ2n) is 9.03. The Balaban J connectivity index is 1.62. The van der Waals surface area contributed by atoms with E-state index in [0.29, 0.717) is 34.7 Å². The van der Waals surface area contributed by atoms with Gasteiger partial charge in [-0.1, -0.05) is 34.8 Å². The van der Waals surface area contributed by atoms with Crippen molar-refractivity contribution in [3.8, 4) is 5.75 Å². The molecule has 0 bridgehead atoms. The van der Waals surface area contributed by atoms with Crippen molar-refractivity contribution >= 4 is 74.8 Å². The first kappa shape index (κ1) is 28.2. The Morgan fingerprint density at radius 2 is 1.89 bits per heavy atom. The van der Waals surface area contributed by atoms with Gasteiger partial charge < -0.3 is 15.8 Å². The van der Waals surface area contributed by atoms with Gasteiger partial charge in [-0.2, -0.15) is 0 Å². The second kappa shape index (κ2) is 12.8. The minimum Gasteiger partial charge on any atom is -0.497 e. The average Bonchev–Trinajstić information content (AvgIpc) is 3.15. The lowest BCUT2D eigenvalue weighted by Gasteiger charge is -2.05. The normalized spacial score (nSPS) is 11.6. The zero-order chi connectivity index (χ0) is 27.2. The highest BCUT2D eigenvalue weighted by Gasteiger charge is 2.22. The van der Waals surface area contributed by atoms with Gasteiger partial charge in [-0.25, -0.2) is 14.1 Å². The summed E-state index contributed by atoms with van der Waals surface area (Å²) in [5.74, 6) is 1.76. The zero-order valence-corrected chi connectivity index (χ0v) is 23.7. The van der Waals surface area contributed by atoms with Crippen LogP contribution in [0.5, 0.6) is 5.75 Å². The summed E-state index contributed by atoms with van der Waals surface area (Å²) >= 11 is 19.3. The first-order valence-electron chi connectivity index (χ1n) is 12.5. The van der Waals surface area contributed by atoms with Crippen molar-refractivity contribution in [3.63, 3.8) is 0 Å². The lowest BCUT2D eigenvalue weighted by Crippen LogP contribution is -2.31. The topological polar surface area (TPSA) is 86.0 Å². The Labute approximate surface area is 237 Å². The van der Waals surface area contributed by atoms with Gasteiger partial charge in [0.25, 0.3) is 5.82 Å². The Hall–Kier alpha value is -2.84. The molecule has 2 aromatic heterocycles. The highest BCUT2D eigenvalue weighted by atomic mass is 35.5. The first-order chi connectivity index (χ1) is 18.3. The largest absolute Gasteiger partial charge is 0.497 e. The van der Waals surface area contributed by atoms with Gasteiger partial charge in [0.2, 0.25) is 5.91 Å². The van der Waals surface area contributed by atoms with Crippen molar-refractivity contribution in [2.24, 2.45) is 12.8 Å². The predicted octanol–water partition coefficient (Wildman–Crippen LogP) is 5.79. The molecule has 0 aliphatic carbocycles. The number of hydrogen-bond acceptors (Lipinski definition) is 4. The molecule has 3 N–H and O–H groups in total. The first-order valence-corrected chi connectivity index (χ1v) is 13.6. The van der Waals surface area contributed by atoms with Crippen LogP contribution >= 0.6 is 34.8 Å². The van der Waals surface area contributed by atoms with Crippen molar-refractivity contribution < 1.29 is 14.1 Å². The Morgan fingerprint density at radius 1 is 1.11 bits per heavy atom. The van der Waals surface area contributed by atoms with Crippen molar-refractivity contribution in [1.82, 2.24) is 14.9 Å². The molecular weight excluding hydrogens is 545 g/mol. The third-order valence-corrected chi connectivity index (χ3v) is 7.48. The van der Waals surface area contributed by atoms with Gasteiger partial charge in [0.15, 0.2) is 11.0 Å². The number of ether oxygens (including phenoxy) is 1. The number of nitrogens with two attached hydrogens (primary N) is 1. The van der Waals surface area contributed by atoms with Gasteiger partial charge >= 0.3 is 0 Å². The van der Waals surface area contributed by atoms with E-state index in [4.69, 9.17) is 45.3 Å². The number of hydrogen-bond donors (Lipinski definition) is 2. The molecule has 0 saturated carbocycles. The van der Waals surface area contributed by atoms with Crippen LogP contribution in [0.1, 0.15) is 37.1 Å². The van der Waals surface area contributed by atoms with E-state index in [-0.39, 0.29) is 5.91 Å². The maximum atomic E-state index is 11.9. The number of nitrogens with one attached hydrogen (secondary N) is 1. The number of halogens is 3. The highest BCUT2D eigenvalue weighted by molar-refractivity contribution is 6.42. The smallest absolute Gasteiger partial charge is 0.282 e. The van der Waals surface area contributed by atoms with E-state index in [9.17, 15) is 4.79 Å². The molecule has 0 radical (unpaired) electrons. The maximum Gasteiger partial charge on any atom is 0.282 e. The van der Waals surface area contributed by atoms with Crippen LogP contribution in [0.15, 0.2) is 36.4 Å². The van der Waals surface area contributed by atoms with Gasteiger partial charge in [-0.3, -0.25) is 4.79 Å². The standard InChI is InChI=1S/C28H30Cl3N5O2/c1-35-24-16-21(29)22(30)17-25(24)36(13-5-3-4-6-26(37)33-12-11-32)27(35)10-7-18-14-19-15-20(38-2)8-9-23(19)34-28(18)31/h7-10,14-17H,3-6,11-13,32H2,1-2H3/p+1. The second-order valence-corrected chi connectivity index (χ2v) is 10.2. The van der Waals surface area contributed by atoms with Gasteiger partial charge in [0.05, 0.1) is 36.3 Å². The summed E-state index contributed by atoms with van der Waals surface area (Å²) in [5.41, 5.74) is 8.99. The summed E-state index contributed by atoms with van der Waals surface area (Å²) < 4.78 is 9.66. The van der Waals surface area contributed by atoms with Crippen LogP contribution in [0.4, 0.5) is 0 Å². The lowest BCUT2D eigenvalue weighted by molar-refractivity contribution is -0.647. The summed E-state index contributed by atoms with van der Waals surface area (Å²) in [5, 5.41) is 5.17. The van der Waals surface area contributed by atoms with Crippen LogP contribution in [-0.2, 0) is 18.4 Å². The zero-order valence-electron chi connectivity index (χ0n) is 21.4. The monoisotopic (exact) mass is 574 g/mol. The van der Waals surface area contributed by atoms with E-state index in [1.807, 2.05) is 55.6 Å². The third-order valence-electron chi connectivity index (χ3n) is 6.46. The Morgan fingerprint density at radius 3 is 2.66 bits per heavy atom. The molecule has 0 aliphatic rings. The molecular formula is C28H31Cl3N5O2+. The molecule has 38 heavy (non-hydrogen) atoms. The van der Waals surface area contributed by atoms with E-state index in [0.717, 1.165) is 64.9 Å². The number of unbranched alkanes of at least 4 members (excludes halogenated alkanes) is 2. The molecule has 200 valence electrons. The molecule has 0 spiro atoms. The number of methoxy groups -OCH3 is 1. The summed E-state index contributed by atoms with van der Waals surface area (Å²) in [6.45, 7) is 1.70. The van der Waals surface area contributed by atoms with Gasteiger partial charge in [0, 0.05) is 48.7 Å². The minimum absolute atomic E-state index is 0.0387. The number of aryl methyl sites for hydroxylation is 2. The molecule has 10 heteroatoms. The number of imidazole rings is 1. The van der Waals surface area contributed by atoms with Crippen LogP contribution < -0.4 is 20.4 Å². The fourth-order valence-electron chi connectivity index (χ4n) is 4.46. The van der Waals surface area contributed by atoms with Gasteiger partial charge in [-0.15, -0.1) is 0 Å². The maximum absolute atomic E-state index is 11.9. The Bertz CT molecular complexity index is 1500. The molecule has 2 aromatic carbocycles. The number of nitrogens with zero attached hydrogens (tertiary/aromatic N) is 3. The molecule has 0 aliphatic heterocycles. The van der Waals surface area contributed by atoms with Crippen molar-refractivity contribution in [2.45, 2.75) is 32.2 Å². The highest BCUT2D eigenvalue weighted by Crippen LogP contribution is 2.29. The number of carbonyl (C=O) groups excluding carboxylic acids is 1. The SMILES string of the molecule is COc1ccc2nc(Cl)c(/C=C/c3n(CCCCCC(=O)NCCN)c4cc(Cl)c(Cl)cc4[n+]3C)cc2c1. The summed E-state index contributed by atoms with van der Waals surface area (Å²) in [6.07, 6.45) is 7.09. The summed E-state index contributed by atoms with van der Waals surface area (Å²) in [7, 11) is 3.63. The number of aromatic nitrogens is 3. The van der Waals surface area contributed by atoms with Crippen LogP contribution in [0, 0.1) is 0 Å². The van der Waals surface area contributed by atoms with E-state index < -0.39 is 0 Å². The third kappa shape index (κ3) is 6.41. The molecule has 0 atom stereocenters. The molecule has 4 rings (SSSR count). The van der Waals surface area contributed by atoms with E-state index in [1.165, 1.54) is 0 Å². The fraction of sp³-hybridized carbons (Fsp3) is 0.321. The average molecular weight is 576 g/mol. The minimum atomic E-state index is 0.0387. The molecule has 0 fully saturated rings. The summed E-state index contributed by atoms with van der Waals surface area (Å²) in [6, 6.07) is 11.5. The van der Waals surface area contributed by atoms with E-state index in [1.54, 1.807) is 7.11 Å². The quantitative estimate of drug-likeness (QED) is 0.135. The van der Waals surface area contributed by atoms with Crippen molar-refractivity contribution in [3.05, 3.63) is 63.0 Å². The molecule has 7 nitrogen and oxygen atoms in total. The number of amides is 1. The van der Waals surface area contributed by atoms with Gasteiger partial charge in [0.1, 0.15) is 10.9 Å². The van der Waals surface area contributed by atoms with E-state index >= 15 is 0 Å². The van der Waals surface area contributed by atoms with Crippen LogP contribution in [0.2, 0.25) is 15.2 Å². The van der Waals surface area contributed by atoms with Crippen LogP contribution in [0.25, 0.3) is 34.1 Å². The van der Waals surface area contributed by atoms with Crippen LogP contribution in [-0.4, -0.2) is 35.7 Å². The van der Waals surface area contributed by atoms with E-state index in [2.05, 4.69) is 19.4 Å². The number of pyridine rings is 1. The van der Waals surface area contributed by atoms with Crippen LogP contribution in [0.3, 0.4) is 0 Å². The molecule has 0 unspecified atom stereocenters. The number of carbonyl (C=O) groups is 1. The fourth-order valence-corrected chi connectivity index (χ4v) is 4.99. The summed E-state index contributed by atoms with van der Waals surface area (Å²) in [4.78, 5) is 16.4. The van der Waals surface area contributed by atoms with Crippen molar-refractivity contribution in [2.75, 3.05) is 20.2 Å². The number of rotatable bonds is 11. The van der Waals surface area contributed by atoms with Crippen molar-refractivity contribution in [1.29, 1.82) is 0 Å². The number of benzene rings is 2. The molecule has 1 amide bonds. The lowest BCUT2D eigenvalue weighted by atomic mass is 10.1. The van der Waals surface area contributed by atoms with Gasteiger partial charge in [-0.05, 0) is 49.6 Å². The molecule has 4 aromatic rings. The number of fused-ring (bicyclic) bond motifs is 2. The molecule has 2 heterocycles. The Kier molecular flexibility index (Phi) is 9.49. The predicted molar refractivity (Wildman–Crippen MR) is 156 cm³/mol.